The molecule has 0 saturated heterocycles. The number of para-hydroxylation sites is 1. The van der Waals surface area contributed by atoms with Gasteiger partial charge in [-0.25, -0.2) is 5.43 Å². The number of nitrogens with one attached hydrogen (secondary N) is 1. The molecule has 8 heteroatoms. The Morgan fingerprint density at radius 2 is 1.78 bits per heavy atom. The van der Waals surface area contributed by atoms with Crippen LogP contribution in [0.1, 0.15) is 27.2 Å². The van der Waals surface area contributed by atoms with E-state index in [1.165, 1.54) is 12.1 Å². The van der Waals surface area contributed by atoms with Crippen molar-refractivity contribution in [2.75, 3.05) is 0 Å². The molecule has 0 saturated carbocycles. The Balaban J connectivity index is 1.62. The molecule has 3 aromatic carbocycles. The Kier molecular flexibility index (Phi) is 6.13. The van der Waals surface area contributed by atoms with Crippen LogP contribution in [0, 0.1) is 17.0 Å². The van der Waals surface area contributed by atoms with E-state index in [-0.39, 0.29) is 11.6 Å². The smallest absolute Gasteiger partial charge is 0.272 e. The topological polar surface area (TPSA) is 89.5 Å². The number of aromatic nitrogens is 1. The lowest BCUT2D eigenvalue weighted by atomic mass is 10.1. The van der Waals surface area contributed by atoms with Crippen LogP contribution in [0.3, 0.4) is 0 Å². The summed E-state index contributed by atoms with van der Waals surface area (Å²) < 4.78 is 2.83. The lowest BCUT2D eigenvalue weighted by Gasteiger charge is -2.08. The first-order valence-corrected chi connectivity index (χ1v) is 10.6. The summed E-state index contributed by atoms with van der Waals surface area (Å²) in [6.07, 6.45) is 1.65. The van der Waals surface area contributed by atoms with Crippen molar-refractivity contribution >= 4 is 44.6 Å². The molecule has 0 atom stereocenters. The van der Waals surface area contributed by atoms with Crippen LogP contribution in [-0.2, 0) is 6.54 Å². The number of nitro benzene ring substituents is 1. The van der Waals surface area contributed by atoms with E-state index in [2.05, 4.69) is 31.0 Å². The molecular weight excluding hydrogens is 472 g/mol. The second-order valence-corrected chi connectivity index (χ2v) is 8.06. The van der Waals surface area contributed by atoms with Gasteiger partial charge in [-0.05, 0) is 46.6 Å². The zero-order valence-electron chi connectivity index (χ0n) is 17.2. The predicted molar refractivity (Wildman–Crippen MR) is 128 cm³/mol. The number of carbonyl (C=O) groups is 1. The SMILES string of the molecule is Cc1c(/C=N/NC(=O)c2ccccc2Br)c2ccccc2n1Cc1ccc([N+](=O)[O-])cc1. The highest BCUT2D eigenvalue weighted by atomic mass is 79.9. The number of halogens is 1. The van der Waals surface area contributed by atoms with Crippen LogP contribution >= 0.6 is 15.9 Å². The average Bonchev–Trinajstić information content (AvgIpc) is 3.05. The molecule has 4 rings (SSSR count). The number of benzene rings is 3. The van der Waals surface area contributed by atoms with Crippen molar-refractivity contribution in [3.8, 4) is 0 Å². The molecule has 1 heterocycles. The number of fused-ring (bicyclic) bond motifs is 1. The van der Waals surface area contributed by atoms with Gasteiger partial charge in [0.25, 0.3) is 11.6 Å². The van der Waals surface area contributed by atoms with E-state index in [9.17, 15) is 14.9 Å². The van der Waals surface area contributed by atoms with E-state index in [0.717, 1.165) is 27.7 Å². The number of non-ortho nitro benzene ring substituents is 1. The van der Waals surface area contributed by atoms with Crippen LogP contribution < -0.4 is 5.43 Å². The highest BCUT2D eigenvalue weighted by Gasteiger charge is 2.14. The first-order valence-electron chi connectivity index (χ1n) is 9.85. The van der Waals surface area contributed by atoms with Crippen LogP contribution in [0.25, 0.3) is 10.9 Å². The van der Waals surface area contributed by atoms with Crippen LogP contribution in [0.4, 0.5) is 5.69 Å². The van der Waals surface area contributed by atoms with Crippen LogP contribution in [0.15, 0.2) is 82.4 Å². The lowest BCUT2D eigenvalue weighted by Crippen LogP contribution is -2.18. The summed E-state index contributed by atoms with van der Waals surface area (Å²) in [5.74, 6) is -0.305. The van der Waals surface area contributed by atoms with Crippen LogP contribution in [0.2, 0.25) is 0 Å². The summed E-state index contributed by atoms with van der Waals surface area (Å²) in [7, 11) is 0. The van der Waals surface area contributed by atoms with E-state index in [4.69, 9.17) is 0 Å². The quantitative estimate of drug-likeness (QED) is 0.222. The minimum atomic E-state index is -0.406. The third-order valence-electron chi connectivity index (χ3n) is 5.25. The fourth-order valence-electron chi connectivity index (χ4n) is 3.59. The molecule has 7 nitrogen and oxygen atoms in total. The van der Waals surface area contributed by atoms with E-state index in [0.29, 0.717) is 16.6 Å². The van der Waals surface area contributed by atoms with Gasteiger partial charge >= 0.3 is 0 Å². The molecule has 0 fully saturated rings. The molecule has 0 aliphatic rings. The minimum Gasteiger partial charge on any atom is -0.340 e. The highest BCUT2D eigenvalue weighted by Crippen LogP contribution is 2.26. The fraction of sp³-hybridized carbons (Fsp3) is 0.0833. The van der Waals surface area contributed by atoms with Gasteiger partial charge in [-0.2, -0.15) is 5.10 Å². The largest absolute Gasteiger partial charge is 0.340 e. The molecule has 1 aromatic heterocycles. The Bertz CT molecular complexity index is 1340. The summed E-state index contributed by atoms with van der Waals surface area (Å²) in [5.41, 5.74) is 6.99. The van der Waals surface area contributed by atoms with Gasteiger partial charge in [-0.3, -0.25) is 14.9 Å². The molecule has 32 heavy (non-hydrogen) atoms. The third kappa shape index (κ3) is 4.31. The van der Waals surface area contributed by atoms with Gasteiger partial charge in [0.15, 0.2) is 0 Å². The van der Waals surface area contributed by atoms with Gasteiger partial charge in [-0.15, -0.1) is 0 Å². The molecule has 160 valence electrons. The van der Waals surface area contributed by atoms with Crippen molar-refractivity contribution < 1.29 is 9.72 Å². The maximum Gasteiger partial charge on any atom is 0.272 e. The number of hydrogen-bond acceptors (Lipinski definition) is 4. The fourth-order valence-corrected chi connectivity index (χ4v) is 4.06. The second-order valence-electron chi connectivity index (χ2n) is 7.20. The summed E-state index contributed by atoms with van der Waals surface area (Å²) in [5, 5.41) is 16.1. The number of hydrazone groups is 1. The lowest BCUT2D eigenvalue weighted by molar-refractivity contribution is -0.384. The van der Waals surface area contributed by atoms with Gasteiger partial charge in [0, 0.05) is 45.3 Å². The van der Waals surface area contributed by atoms with Gasteiger partial charge in [0.05, 0.1) is 16.7 Å². The minimum absolute atomic E-state index is 0.0662. The maximum absolute atomic E-state index is 12.4. The number of carbonyl (C=O) groups excluding carboxylic acids is 1. The molecule has 0 radical (unpaired) electrons. The number of nitrogens with zero attached hydrogens (tertiary/aromatic N) is 3. The predicted octanol–water partition coefficient (Wildman–Crippen LogP) is 5.43. The monoisotopic (exact) mass is 490 g/mol. The van der Waals surface area contributed by atoms with E-state index in [1.54, 1.807) is 36.5 Å². The zero-order valence-corrected chi connectivity index (χ0v) is 18.7. The number of rotatable bonds is 6. The van der Waals surface area contributed by atoms with E-state index >= 15 is 0 Å². The summed E-state index contributed by atoms with van der Waals surface area (Å²) in [6.45, 7) is 2.55. The van der Waals surface area contributed by atoms with E-state index < -0.39 is 4.92 Å². The van der Waals surface area contributed by atoms with Crippen molar-refractivity contribution in [1.82, 2.24) is 9.99 Å². The Hall–Kier alpha value is -3.78. The van der Waals surface area contributed by atoms with E-state index in [1.807, 2.05) is 37.3 Å². The Morgan fingerprint density at radius 3 is 2.50 bits per heavy atom. The van der Waals surface area contributed by atoms with Gasteiger partial charge < -0.3 is 4.57 Å². The zero-order chi connectivity index (χ0) is 22.7. The first kappa shape index (κ1) is 21.5. The number of nitro groups is 1. The van der Waals surface area contributed by atoms with Crippen molar-refractivity contribution in [3.05, 3.63) is 110 Å². The van der Waals surface area contributed by atoms with Gasteiger partial charge in [0.2, 0.25) is 0 Å². The highest BCUT2D eigenvalue weighted by molar-refractivity contribution is 9.10. The molecule has 4 aromatic rings. The first-order chi connectivity index (χ1) is 15.5. The molecule has 0 spiro atoms. The summed E-state index contributed by atoms with van der Waals surface area (Å²) >= 11 is 3.37. The van der Waals surface area contributed by atoms with Crippen molar-refractivity contribution in [2.24, 2.45) is 5.10 Å². The second kappa shape index (κ2) is 9.15. The molecular formula is C24H19BrN4O3. The summed E-state index contributed by atoms with van der Waals surface area (Å²) in [6, 6.07) is 21.6. The van der Waals surface area contributed by atoms with Gasteiger partial charge in [-0.1, -0.05) is 42.5 Å². The van der Waals surface area contributed by atoms with Crippen molar-refractivity contribution in [3.63, 3.8) is 0 Å². The molecule has 0 bridgehead atoms. The Labute approximate surface area is 192 Å². The van der Waals surface area contributed by atoms with Crippen LogP contribution in [-0.4, -0.2) is 21.6 Å². The summed E-state index contributed by atoms with van der Waals surface area (Å²) in [4.78, 5) is 22.9. The molecule has 0 aliphatic carbocycles. The molecule has 0 unspecified atom stereocenters. The normalized spacial score (nSPS) is 11.2. The maximum atomic E-state index is 12.4. The van der Waals surface area contributed by atoms with Crippen molar-refractivity contribution in [2.45, 2.75) is 13.5 Å². The number of amides is 1. The molecule has 1 N–H and O–H groups in total. The standard InChI is InChI=1S/C24H19BrN4O3/c1-16-21(14-26-27-24(30)20-7-2-4-8-22(20)25)19-6-3-5-9-23(19)28(16)15-17-10-12-18(13-11-17)29(31)32/h2-14H,15H2,1H3,(H,27,30)/b26-14+. The molecule has 0 aliphatic heterocycles. The van der Waals surface area contributed by atoms with Gasteiger partial charge in [0.1, 0.15) is 0 Å². The number of hydrogen-bond donors (Lipinski definition) is 1. The van der Waals surface area contributed by atoms with Crippen LogP contribution in [0.5, 0.6) is 0 Å². The third-order valence-corrected chi connectivity index (χ3v) is 5.94. The van der Waals surface area contributed by atoms with Crippen molar-refractivity contribution in [1.29, 1.82) is 0 Å². The Morgan fingerprint density at radius 1 is 1.09 bits per heavy atom. The average molecular weight is 491 g/mol. The molecule has 1 amide bonds.